The summed E-state index contributed by atoms with van der Waals surface area (Å²) in [6, 6.07) is 5.44. The molecule has 0 aliphatic rings. The molecule has 1 aromatic heterocycles. The summed E-state index contributed by atoms with van der Waals surface area (Å²) in [5.74, 6) is -0.532. The van der Waals surface area contributed by atoms with Crippen LogP contribution in [0, 0.1) is 0 Å². The molecule has 0 aliphatic heterocycles. The lowest BCUT2D eigenvalue weighted by Gasteiger charge is -2.13. The van der Waals surface area contributed by atoms with Gasteiger partial charge in [0, 0.05) is 18.3 Å². The number of aromatic amines is 1. The topological polar surface area (TPSA) is 91.4 Å². The number of halogens is 3. The number of aliphatic hydroxyl groups is 1. The quantitative estimate of drug-likeness (QED) is 0.653. The van der Waals surface area contributed by atoms with Crippen LogP contribution < -0.4 is 10.1 Å². The zero-order valence-electron chi connectivity index (χ0n) is 13.8. The van der Waals surface area contributed by atoms with Gasteiger partial charge in [-0.05, 0) is 37.3 Å². The number of rotatable bonds is 7. The number of carbonyl (C=O) groups excluding carboxylic acids is 2. The van der Waals surface area contributed by atoms with Gasteiger partial charge < -0.3 is 20.1 Å². The van der Waals surface area contributed by atoms with Crippen molar-refractivity contribution in [2.75, 3.05) is 13.2 Å². The first kappa shape index (κ1) is 19.5. The third-order valence-electron chi connectivity index (χ3n) is 3.46. The zero-order valence-corrected chi connectivity index (χ0v) is 13.8. The number of hydrogen-bond donors (Lipinski definition) is 3. The largest absolute Gasteiger partial charge is 0.491 e. The first-order valence-corrected chi connectivity index (χ1v) is 7.62. The Hall–Kier alpha value is -2.81. The van der Waals surface area contributed by atoms with E-state index in [0.717, 1.165) is 24.3 Å². The molecule has 6 nitrogen and oxygen atoms in total. The molecule has 0 spiro atoms. The number of aromatic nitrogens is 1. The van der Waals surface area contributed by atoms with Crippen molar-refractivity contribution in [2.45, 2.75) is 19.2 Å². The van der Waals surface area contributed by atoms with E-state index in [9.17, 15) is 27.9 Å². The smallest absolute Gasteiger partial charge is 0.416 e. The SMILES string of the molecule is CC(=O)c1c[nH]c(C(=O)NCC(O)COc2ccc(C(F)(F)F)cc2)c1. The van der Waals surface area contributed by atoms with E-state index in [-0.39, 0.29) is 30.4 Å². The summed E-state index contributed by atoms with van der Waals surface area (Å²) < 4.78 is 42.5. The molecule has 140 valence electrons. The molecular weight excluding hydrogens is 353 g/mol. The number of carbonyl (C=O) groups is 2. The molecule has 0 fully saturated rings. The van der Waals surface area contributed by atoms with Crippen LogP contribution in [0.2, 0.25) is 0 Å². The summed E-state index contributed by atoms with van der Waals surface area (Å²) in [4.78, 5) is 25.7. The van der Waals surface area contributed by atoms with Gasteiger partial charge in [0.2, 0.25) is 0 Å². The maximum atomic E-state index is 12.5. The summed E-state index contributed by atoms with van der Waals surface area (Å²) in [5.41, 5.74) is -0.263. The summed E-state index contributed by atoms with van der Waals surface area (Å²) in [6.45, 7) is 1.02. The van der Waals surface area contributed by atoms with E-state index in [0.29, 0.717) is 5.56 Å². The van der Waals surface area contributed by atoms with Gasteiger partial charge in [0.1, 0.15) is 24.2 Å². The number of Topliss-reactive ketones (excluding diaryl/α,β-unsaturated/α-hetero) is 1. The van der Waals surface area contributed by atoms with Gasteiger partial charge in [-0.1, -0.05) is 0 Å². The molecular formula is C17H17F3N2O4. The molecule has 26 heavy (non-hydrogen) atoms. The van der Waals surface area contributed by atoms with Gasteiger partial charge in [0.25, 0.3) is 5.91 Å². The van der Waals surface area contributed by atoms with Gasteiger partial charge >= 0.3 is 6.18 Å². The summed E-state index contributed by atoms with van der Waals surface area (Å²) in [7, 11) is 0. The van der Waals surface area contributed by atoms with Crippen LogP contribution in [0.4, 0.5) is 13.2 Å². The molecule has 1 amide bonds. The van der Waals surface area contributed by atoms with Crippen LogP contribution in [-0.2, 0) is 6.18 Å². The standard InChI is InChI=1S/C17H17F3N2O4/c1-10(23)11-6-15(21-7-11)16(25)22-8-13(24)9-26-14-4-2-12(3-5-14)17(18,19)20/h2-7,13,21,24H,8-9H2,1H3,(H,22,25). The van der Waals surface area contributed by atoms with Crippen LogP contribution in [0.3, 0.4) is 0 Å². The maximum absolute atomic E-state index is 12.5. The van der Waals surface area contributed by atoms with Crippen LogP contribution in [0.25, 0.3) is 0 Å². The van der Waals surface area contributed by atoms with E-state index in [2.05, 4.69) is 10.3 Å². The molecule has 0 bridgehead atoms. The second-order valence-corrected chi connectivity index (χ2v) is 5.56. The van der Waals surface area contributed by atoms with E-state index in [1.54, 1.807) is 0 Å². The van der Waals surface area contributed by atoms with Gasteiger partial charge in [-0.15, -0.1) is 0 Å². The Bertz CT molecular complexity index is 769. The lowest BCUT2D eigenvalue weighted by Crippen LogP contribution is -2.35. The summed E-state index contributed by atoms with van der Waals surface area (Å²) in [5, 5.41) is 12.3. The molecule has 0 saturated carbocycles. The fourth-order valence-electron chi connectivity index (χ4n) is 2.03. The Morgan fingerprint density at radius 3 is 2.46 bits per heavy atom. The summed E-state index contributed by atoms with van der Waals surface area (Å²) in [6.07, 6.45) is -4.09. The average Bonchev–Trinajstić information content (AvgIpc) is 3.08. The van der Waals surface area contributed by atoms with Crippen LogP contribution in [0.5, 0.6) is 5.75 Å². The fourth-order valence-corrected chi connectivity index (χ4v) is 2.03. The van der Waals surface area contributed by atoms with Crippen molar-refractivity contribution in [3.05, 3.63) is 53.3 Å². The molecule has 0 aliphatic carbocycles. The first-order chi connectivity index (χ1) is 12.2. The predicted octanol–water partition coefficient (Wildman–Crippen LogP) is 2.41. The third-order valence-corrected chi connectivity index (χ3v) is 3.46. The number of hydrogen-bond acceptors (Lipinski definition) is 4. The third kappa shape index (κ3) is 5.35. The molecule has 9 heteroatoms. The number of amides is 1. The van der Waals surface area contributed by atoms with Crippen molar-refractivity contribution in [2.24, 2.45) is 0 Å². The Balaban J connectivity index is 1.78. The van der Waals surface area contributed by atoms with Crippen molar-refractivity contribution in [1.82, 2.24) is 10.3 Å². The first-order valence-electron chi connectivity index (χ1n) is 7.62. The molecule has 1 unspecified atom stereocenters. The Labute approximate surface area is 147 Å². The highest BCUT2D eigenvalue weighted by atomic mass is 19.4. The minimum Gasteiger partial charge on any atom is -0.491 e. The Morgan fingerprint density at radius 1 is 1.27 bits per heavy atom. The van der Waals surface area contributed by atoms with Gasteiger partial charge in [-0.2, -0.15) is 13.2 Å². The van der Waals surface area contributed by atoms with Crippen molar-refractivity contribution in [3.63, 3.8) is 0 Å². The normalized spacial score (nSPS) is 12.5. The Kier molecular flexibility index (Phi) is 6.04. The second-order valence-electron chi connectivity index (χ2n) is 5.56. The van der Waals surface area contributed by atoms with Crippen LogP contribution in [0.15, 0.2) is 36.5 Å². The minimum absolute atomic E-state index is 0.131. The zero-order chi connectivity index (χ0) is 19.3. The maximum Gasteiger partial charge on any atom is 0.416 e. The fraction of sp³-hybridized carbons (Fsp3) is 0.294. The van der Waals surface area contributed by atoms with Crippen molar-refractivity contribution in [1.29, 1.82) is 0 Å². The number of nitrogens with one attached hydrogen (secondary N) is 2. The van der Waals surface area contributed by atoms with Crippen LogP contribution in [-0.4, -0.2) is 41.0 Å². The van der Waals surface area contributed by atoms with Gasteiger partial charge in [0.05, 0.1) is 5.56 Å². The number of ketones is 1. The van der Waals surface area contributed by atoms with E-state index < -0.39 is 23.8 Å². The van der Waals surface area contributed by atoms with E-state index >= 15 is 0 Å². The highest BCUT2D eigenvalue weighted by Gasteiger charge is 2.30. The van der Waals surface area contributed by atoms with Crippen molar-refractivity contribution >= 4 is 11.7 Å². The number of alkyl halides is 3. The van der Waals surface area contributed by atoms with E-state index in [4.69, 9.17) is 4.74 Å². The number of H-pyrrole nitrogens is 1. The molecule has 1 aromatic carbocycles. The van der Waals surface area contributed by atoms with Gasteiger partial charge in [0.15, 0.2) is 5.78 Å². The number of aliphatic hydroxyl groups excluding tert-OH is 1. The predicted molar refractivity (Wildman–Crippen MR) is 86.1 cm³/mol. The molecule has 3 N–H and O–H groups in total. The molecule has 2 aromatic rings. The van der Waals surface area contributed by atoms with Gasteiger partial charge in [-0.3, -0.25) is 9.59 Å². The second kappa shape index (κ2) is 8.05. The van der Waals surface area contributed by atoms with Crippen molar-refractivity contribution in [3.8, 4) is 5.75 Å². The van der Waals surface area contributed by atoms with Crippen molar-refractivity contribution < 1.29 is 32.6 Å². The number of ether oxygens (including phenoxy) is 1. The molecule has 0 radical (unpaired) electrons. The van der Waals surface area contributed by atoms with E-state index in [1.165, 1.54) is 19.2 Å². The Morgan fingerprint density at radius 2 is 1.92 bits per heavy atom. The molecule has 2 rings (SSSR count). The summed E-state index contributed by atoms with van der Waals surface area (Å²) >= 11 is 0. The minimum atomic E-state index is -4.43. The molecule has 1 heterocycles. The lowest BCUT2D eigenvalue weighted by molar-refractivity contribution is -0.137. The van der Waals surface area contributed by atoms with Crippen LogP contribution in [0.1, 0.15) is 33.3 Å². The number of benzene rings is 1. The molecule has 0 saturated heterocycles. The van der Waals surface area contributed by atoms with E-state index in [1.807, 2.05) is 0 Å². The average molecular weight is 370 g/mol. The van der Waals surface area contributed by atoms with Crippen LogP contribution >= 0.6 is 0 Å². The lowest BCUT2D eigenvalue weighted by atomic mass is 10.2. The highest BCUT2D eigenvalue weighted by molar-refractivity contribution is 5.99. The monoisotopic (exact) mass is 370 g/mol. The highest BCUT2D eigenvalue weighted by Crippen LogP contribution is 2.30. The van der Waals surface area contributed by atoms with Gasteiger partial charge in [-0.25, -0.2) is 0 Å². The molecule has 1 atom stereocenters.